The summed E-state index contributed by atoms with van der Waals surface area (Å²) in [5.41, 5.74) is 1.63. The number of benzene rings is 1. The minimum absolute atomic E-state index is 0.00600. The zero-order valence-corrected chi connectivity index (χ0v) is 17.5. The average molecular weight is 430 g/mol. The molecule has 7 heteroatoms. The van der Waals surface area contributed by atoms with Crippen molar-refractivity contribution >= 4 is 23.0 Å². The molecule has 1 aromatic heterocycles. The topological polar surface area (TPSA) is 55.8 Å². The number of carbonyl (C=O) groups is 2. The van der Waals surface area contributed by atoms with E-state index in [2.05, 4.69) is 11.4 Å². The summed E-state index contributed by atoms with van der Waals surface area (Å²) in [6.45, 7) is 2.24. The molecule has 0 radical (unpaired) electrons. The lowest BCUT2D eigenvalue weighted by atomic mass is 9.88. The number of halogens is 1. The minimum Gasteiger partial charge on any atom is -0.343 e. The van der Waals surface area contributed by atoms with Crippen molar-refractivity contribution in [2.45, 2.75) is 31.5 Å². The van der Waals surface area contributed by atoms with Gasteiger partial charge >= 0.3 is 0 Å². The summed E-state index contributed by atoms with van der Waals surface area (Å²) in [7, 11) is 0. The molecule has 2 aliphatic heterocycles. The van der Waals surface area contributed by atoms with Crippen molar-refractivity contribution in [1.29, 1.82) is 0 Å². The molecule has 1 aromatic carbocycles. The van der Waals surface area contributed by atoms with Crippen LogP contribution < -0.4 is 0 Å². The molecule has 30 heavy (non-hydrogen) atoms. The summed E-state index contributed by atoms with van der Waals surface area (Å²) in [6, 6.07) is 7.76. The highest BCUT2D eigenvalue weighted by atomic mass is 32.1. The fraction of sp³-hybridized carbons (Fsp3) is 0.478. The van der Waals surface area contributed by atoms with E-state index in [9.17, 15) is 14.0 Å². The van der Waals surface area contributed by atoms with Crippen LogP contribution in [0, 0.1) is 17.7 Å². The van der Waals surface area contributed by atoms with Crippen LogP contribution in [0.15, 0.2) is 35.7 Å². The number of thiophene rings is 1. The molecule has 5 nitrogen and oxygen atoms in total. The number of piperidine rings is 1. The van der Waals surface area contributed by atoms with E-state index in [1.165, 1.54) is 29.1 Å². The van der Waals surface area contributed by atoms with Crippen molar-refractivity contribution in [2.24, 2.45) is 11.8 Å². The van der Waals surface area contributed by atoms with Gasteiger partial charge in [0.1, 0.15) is 5.82 Å². The van der Waals surface area contributed by atoms with Crippen LogP contribution in [0.1, 0.15) is 40.1 Å². The minimum atomic E-state index is -0.762. The number of hydrogen-bond acceptors (Lipinski definition) is 5. The molecule has 2 fully saturated rings. The quantitative estimate of drug-likeness (QED) is 0.695. The molecule has 0 bridgehead atoms. The lowest BCUT2D eigenvalue weighted by Crippen LogP contribution is -2.43. The maximum Gasteiger partial charge on any atom is 0.223 e. The molecular formula is C23H24FNO4S. The van der Waals surface area contributed by atoms with Gasteiger partial charge in [0.05, 0.1) is 13.2 Å². The van der Waals surface area contributed by atoms with E-state index in [0.717, 1.165) is 12.0 Å². The molecule has 2 saturated heterocycles. The number of likely N-dealkylation sites (tertiary alicyclic amines) is 1. The maximum absolute atomic E-state index is 13.1. The SMILES string of the molecule is O=C(c1ccc(F)cc1)C1CCN(C(=O)CC2Cc3sccc3C23OCCO3)CC1. The van der Waals surface area contributed by atoms with Gasteiger partial charge in [-0.1, -0.05) is 0 Å². The van der Waals surface area contributed by atoms with E-state index in [1.54, 1.807) is 11.3 Å². The molecule has 1 atom stereocenters. The molecular weight excluding hydrogens is 405 g/mol. The van der Waals surface area contributed by atoms with Gasteiger partial charge in [-0.25, -0.2) is 4.39 Å². The van der Waals surface area contributed by atoms with Crippen molar-refractivity contribution in [3.05, 3.63) is 57.5 Å². The van der Waals surface area contributed by atoms with E-state index in [-0.39, 0.29) is 29.3 Å². The van der Waals surface area contributed by atoms with Crippen LogP contribution in [-0.4, -0.2) is 42.9 Å². The van der Waals surface area contributed by atoms with Crippen molar-refractivity contribution in [2.75, 3.05) is 26.3 Å². The average Bonchev–Trinajstić information content (AvgIpc) is 3.48. The fourth-order valence-electron chi connectivity index (χ4n) is 4.99. The van der Waals surface area contributed by atoms with Crippen molar-refractivity contribution in [1.82, 2.24) is 4.90 Å². The Bertz CT molecular complexity index is 942. The molecule has 2 aromatic rings. The Hall–Kier alpha value is -2.09. The first-order valence-corrected chi connectivity index (χ1v) is 11.4. The molecule has 1 spiro atoms. The Kier molecular flexibility index (Phi) is 5.21. The van der Waals surface area contributed by atoms with Crippen LogP contribution in [-0.2, 0) is 26.5 Å². The van der Waals surface area contributed by atoms with Crippen LogP contribution in [0.25, 0.3) is 0 Å². The molecule has 158 valence electrons. The van der Waals surface area contributed by atoms with E-state index in [4.69, 9.17) is 9.47 Å². The van der Waals surface area contributed by atoms with E-state index < -0.39 is 5.79 Å². The molecule has 0 N–H and O–H groups in total. The summed E-state index contributed by atoms with van der Waals surface area (Å²) >= 11 is 1.70. The predicted octanol–water partition coefficient (Wildman–Crippen LogP) is 3.77. The Morgan fingerprint density at radius 3 is 2.50 bits per heavy atom. The summed E-state index contributed by atoms with van der Waals surface area (Å²) in [4.78, 5) is 28.8. The van der Waals surface area contributed by atoms with Gasteiger partial charge in [0.2, 0.25) is 5.91 Å². The number of rotatable bonds is 4. The zero-order valence-electron chi connectivity index (χ0n) is 16.6. The molecule has 3 heterocycles. The van der Waals surface area contributed by atoms with Crippen molar-refractivity contribution < 1.29 is 23.5 Å². The Balaban J connectivity index is 1.20. The summed E-state index contributed by atoms with van der Waals surface area (Å²) < 4.78 is 25.2. The highest BCUT2D eigenvalue weighted by Gasteiger charge is 2.53. The number of hydrogen-bond donors (Lipinski definition) is 0. The molecule has 3 aliphatic rings. The first kappa shape index (κ1) is 19.8. The van der Waals surface area contributed by atoms with Gasteiger partial charge in [0, 0.05) is 47.4 Å². The highest BCUT2D eigenvalue weighted by molar-refractivity contribution is 7.10. The van der Waals surface area contributed by atoms with Crippen LogP contribution in [0.3, 0.4) is 0 Å². The Morgan fingerprint density at radius 1 is 1.10 bits per heavy atom. The van der Waals surface area contributed by atoms with Crippen molar-refractivity contribution in [3.8, 4) is 0 Å². The second kappa shape index (κ2) is 7.87. The monoisotopic (exact) mass is 429 g/mol. The standard InChI is InChI=1S/C23H24FNO4S/c24-18-3-1-15(2-4-18)22(27)16-5-8-25(9-6-16)21(26)14-17-13-20-19(7-12-30-20)23(17)28-10-11-29-23/h1-4,7,12,16-17H,5-6,8-11,13-14H2. The van der Waals surface area contributed by atoms with Crippen LogP contribution in [0.4, 0.5) is 4.39 Å². The number of fused-ring (bicyclic) bond motifs is 2. The maximum atomic E-state index is 13.1. The molecule has 1 aliphatic carbocycles. The third kappa shape index (κ3) is 3.39. The first-order chi connectivity index (χ1) is 14.6. The Morgan fingerprint density at radius 2 is 1.80 bits per heavy atom. The first-order valence-electron chi connectivity index (χ1n) is 10.5. The number of ether oxygens (including phenoxy) is 2. The zero-order chi connectivity index (χ0) is 20.7. The lowest BCUT2D eigenvalue weighted by Gasteiger charge is -2.34. The van der Waals surface area contributed by atoms with E-state index in [0.29, 0.717) is 51.1 Å². The molecule has 5 rings (SSSR count). The van der Waals surface area contributed by atoms with Crippen molar-refractivity contribution in [3.63, 3.8) is 0 Å². The van der Waals surface area contributed by atoms with Crippen LogP contribution >= 0.6 is 11.3 Å². The molecule has 1 amide bonds. The van der Waals surface area contributed by atoms with Gasteiger partial charge in [-0.05, 0) is 55.0 Å². The van der Waals surface area contributed by atoms with Gasteiger partial charge < -0.3 is 14.4 Å². The molecule has 0 saturated carbocycles. The van der Waals surface area contributed by atoms with E-state index in [1.807, 2.05) is 4.90 Å². The Labute approximate surface area is 178 Å². The fourth-order valence-corrected chi connectivity index (χ4v) is 6.00. The third-order valence-electron chi connectivity index (χ3n) is 6.57. The largest absolute Gasteiger partial charge is 0.343 e. The smallest absolute Gasteiger partial charge is 0.223 e. The van der Waals surface area contributed by atoms with Crippen LogP contribution in [0.5, 0.6) is 0 Å². The highest BCUT2D eigenvalue weighted by Crippen LogP contribution is 2.50. The number of ketones is 1. The summed E-state index contributed by atoms with van der Waals surface area (Å²) in [5.74, 6) is -1.10. The van der Waals surface area contributed by atoms with Gasteiger partial charge in [0.25, 0.3) is 0 Å². The van der Waals surface area contributed by atoms with Crippen LogP contribution in [0.2, 0.25) is 0 Å². The number of Topliss-reactive ketones (excluding diaryl/α,β-unsaturated/α-hetero) is 1. The number of nitrogens with zero attached hydrogens (tertiary/aromatic N) is 1. The predicted molar refractivity (Wildman–Crippen MR) is 110 cm³/mol. The molecule has 1 unspecified atom stereocenters. The third-order valence-corrected chi connectivity index (χ3v) is 7.52. The second-order valence-corrected chi connectivity index (χ2v) is 9.25. The normalized spacial score (nSPS) is 23.1. The number of amides is 1. The van der Waals surface area contributed by atoms with Gasteiger partial charge in [-0.15, -0.1) is 11.3 Å². The second-order valence-electron chi connectivity index (χ2n) is 8.25. The lowest BCUT2D eigenvalue weighted by molar-refractivity contribution is -0.200. The summed E-state index contributed by atoms with van der Waals surface area (Å²) in [5, 5.41) is 2.05. The van der Waals surface area contributed by atoms with Gasteiger partial charge in [0.15, 0.2) is 11.6 Å². The summed E-state index contributed by atoms with van der Waals surface area (Å²) in [6.07, 6.45) is 2.46. The van der Waals surface area contributed by atoms with Gasteiger partial charge in [-0.2, -0.15) is 0 Å². The van der Waals surface area contributed by atoms with E-state index >= 15 is 0 Å². The number of carbonyl (C=O) groups excluding carboxylic acids is 2. The van der Waals surface area contributed by atoms with Gasteiger partial charge in [-0.3, -0.25) is 9.59 Å².